The minimum absolute atomic E-state index is 0.0977. The van der Waals surface area contributed by atoms with Crippen LogP contribution in [-0.4, -0.2) is 29.0 Å². The first kappa shape index (κ1) is 21.3. The maximum absolute atomic E-state index is 13.3. The molecule has 3 N–H and O–H groups in total. The minimum Gasteiger partial charge on any atom is -0.379 e. The third-order valence-electron chi connectivity index (χ3n) is 4.12. The Bertz CT molecular complexity index is 933. The summed E-state index contributed by atoms with van der Waals surface area (Å²) in [5.41, 5.74) is 0.506. The van der Waals surface area contributed by atoms with E-state index in [9.17, 15) is 22.2 Å². The molecular formula is C19H20F3N3O3S. The van der Waals surface area contributed by atoms with Crippen molar-refractivity contribution in [1.82, 2.24) is 4.72 Å². The normalized spacial score (nSPS) is 18.3. The van der Waals surface area contributed by atoms with Crippen molar-refractivity contribution in [2.45, 2.75) is 37.4 Å². The van der Waals surface area contributed by atoms with Crippen LogP contribution in [0.3, 0.4) is 0 Å². The number of amides is 1. The monoisotopic (exact) mass is 427 g/mol. The van der Waals surface area contributed by atoms with Gasteiger partial charge in [0.15, 0.2) is 17.5 Å². The van der Waals surface area contributed by atoms with Gasteiger partial charge in [-0.25, -0.2) is 22.1 Å². The maximum Gasteiger partial charge on any atom is 0.255 e. The number of benzene rings is 2. The second kappa shape index (κ2) is 8.93. The number of anilines is 2. The Morgan fingerprint density at radius 2 is 1.90 bits per heavy atom. The van der Waals surface area contributed by atoms with Crippen molar-refractivity contribution < 1.29 is 26.9 Å². The molecule has 10 heteroatoms. The molecule has 29 heavy (non-hydrogen) atoms. The van der Waals surface area contributed by atoms with Gasteiger partial charge in [0, 0.05) is 29.8 Å². The van der Waals surface area contributed by atoms with Crippen molar-refractivity contribution in [2.24, 2.45) is 0 Å². The Hall–Kier alpha value is -2.43. The van der Waals surface area contributed by atoms with Gasteiger partial charge in [-0.2, -0.15) is 0 Å². The number of hydrogen-bond acceptors (Lipinski definition) is 4. The lowest BCUT2D eigenvalue weighted by atomic mass is 10.1. The molecule has 0 spiro atoms. The summed E-state index contributed by atoms with van der Waals surface area (Å²) in [4.78, 5) is 12.7. The third kappa shape index (κ3) is 5.14. The lowest BCUT2D eigenvalue weighted by molar-refractivity contribution is 0.0741. The number of halogens is 3. The van der Waals surface area contributed by atoms with Crippen LogP contribution in [0.25, 0.3) is 0 Å². The van der Waals surface area contributed by atoms with E-state index in [1.807, 2.05) is 13.8 Å². The zero-order chi connectivity index (χ0) is 21.1. The van der Waals surface area contributed by atoms with Crippen LogP contribution in [0.1, 0.15) is 30.6 Å². The highest BCUT2D eigenvalue weighted by Gasteiger charge is 2.24. The number of carbonyl (C=O) groups is 1. The standard InChI is InChI=1S/C19H20F3N3O3S/c1-10(2)28-6-5-17-24-15-4-3-11(7-16(15)29(27)25-17)19(26)23-12-8-13(20)18(22)14(21)9-12/h3-4,7-10,17,24-25H,5-6H2,1-2H3,(H,23,26). The molecule has 1 heterocycles. The summed E-state index contributed by atoms with van der Waals surface area (Å²) in [5, 5.41) is 5.48. The quantitative estimate of drug-likeness (QED) is 0.617. The van der Waals surface area contributed by atoms with Crippen LogP contribution in [0, 0.1) is 17.5 Å². The average Bonchev–Trinajstić information content (AvgIpc) is 2.65. The van der Waals surface area contributed by atoms with Gasteiger partial charge in [-0.1, -0.05) is 0 Å². The average molecular weight is 427 g/mol. The fourth-order valence-corrected chi connectivity index (χ4v) is 3.85. The Labute approximate surface area is 168 Å². The third-order valence-corrected chi connectivity index (χ3v) is 5.36. The van der Waals surface area contributed by atoms with Gasteiger partial charge in [-0.15, -0.1) is 0 Å². The first-order valence-corrected chi connectivity index (χ1v) is 10.1. The SMILES string of the molecule is CC(C)OCCC1Nc2ccc(C(=O)Nc3cc(F)c(F)c(F)c3)cc2S(=O)N1. The number of rotatable bonds is 6. The number of hydrogen-bond donors (Lipinski definition) is 3. The van der Waals surface area contributed by atoms with Gasteiger partial charge < -0.3 is 15.4 Å². The van der Waals surface area contributed by atoms with Gasteiger partial charge in [-0.3, -0.25) is 4.79 Å². The molecule has 0 saturated heterocycles. The van der Waals surface area contributed by atoms with Crippen molar-refractivity contribution in [3.8, 4) is 0 Å². The summed E-state index contributed by atoms with van der Waals surface area (Å²) in [6, 6.07) is 5.87. The number of carbonyl (C=O) groups excluding carboxylic acids is 1. The molecule has 0 saturated carbocycles. The van der Waals surface area contributed by atoms with E-state index in [1.54, 1.807) is 6.07 Å². The zero-order valence-electron chi connectivity index (χ0n) is 15.7. The molecule has 6 nitrogen and oxygen atoms in total. The molecule has 0 radical (unpaired) electrons. The van der Waals surface area contributed by atoms with Gasteiger partial charge in [0.05, 0.1) is 29.5 Å². The Kier molecular flexibility index (Phi) is 6.56. The molecule has 2 aromatic carbocycles. The van der Waals surface area contributed by atoms with Crippen molar-refractivity contribution in [3.63, 3.8) is 0 Å². The molecule has 0 aliphatic carbocycles. The van der Waals surface area contributed by atoms with Crippen LogP contribution in [0.2, 0.25) is 0 Å². The molecule has 1 aliphatic heterocycles. The van der Waals surface area contributed by atoms with Crippen LogP contribution in [-0.2, 0) is 15.7 Å². The molecule has 156 valence electrons. The van der Waals surface area contributed by atoms with Crippen LogP contribution >= 0.6 is 0 Å². The number of ether oxygens (including phenoxy) is 1. The van der Waals surface area contributed by atoms with Crippen LogP contribution in [0.15, 0.2) is 35.2 Å². The van der Waals surface area contributed by atoms with E-state index in [0.717, 1.165) is 0 Å². The first-order chi connectivity index (χ1) is 13.7. The summed E-state index contributed by atoms with van der Waals surface area (Å²) >= 11 is 0. The largest absolute Gasteiger partial charge is 0.379 e. The van der Waals surface area contributed by atoms with E-state index in [4.69, 9.17) is 4.74 Å². The van der Waals surface area contributed by atoms with Gasteiger partial charge in [0.1, 0.15) is 11.0 Å². The van der Waals surface area contributed by atoms with Gasteiger partial charge in [0.2, 0.25) is 0 Å². The van der Waals surface area contributed by atoms with Crippen molar-refractivity contribution in [1.29, 1.82) is 0 Å². The zero-order valence-corrected chi connectivity index (χ0v) is 16.5. The van der Waals surface area contributed by atoms with Crippen molar-refractivity contribution in [3.05, 3.63) is 53.3 Å². The maximum atomic E-state index is 13.3. The fraction of sp³-hybridized carbons (Fsp3) is 0.316. The highest BCUT2D eigenvalue weighted by Crippen LogP contribution is 2.26. The molecule has 2 aromatic rings. The van der Waals surface area contributed by atoms with Gasteiger partial charge >= 0.3 is 0 Å². The predicted molar refractivity (Wildman–Crippen MR) is 103 cm³/mol. The Morgan fingerprint density at radius 1 is 1.21 bits per heavy atom. The molecule has 1 amide bonds. The van der Waals surface area contributed by atoms with E-state index in [0.29, 0.717) is 35.7 Å². The van der Waals surface area contributed by atoms with E-state index in [1.165, 1.54) is 12.1 Å². The first-order valence-electron chi connectivity index (χ1n) is 8.90. The summed E-state index contributed by atoms with van der Waals surface area (Å²) in [7, 11) is -1.56. The molecule has 1 aliphatic rings. The van der Waals surface area contributed by atoms with E-state index < -0.39 is 34.3 Å². The van der Waals surface area contributed by atoms with Gasteiger partial charge in [-0.05, 0) is 32.0 Å². The summed E-state index contributed by atoms with van der Waals surface area (Å²) < 4.78 is 60.5. The molecule has 0 fully saturated rings. The summed E-state index contributed by atoms with van der Waals surface area (Å²) in [5.74, 6) is -5.11. The molecule has 0 aromatic heterocycles. The molecule has 3 rings (SSSR count). The Morgan fingerprint density at radius 3 is 2.55 bits per heavy atom. The fourth-order valence-electron chi connectivity index (χ4n) is 2.73. The second-order valence-corrected chi connectivity index (χ2v) is 7.92. The van der Waals surface area contributed by atoms with Gasteiger partial charge in [0.25, 0.3) is 5.91 Å². The minimum atomic E-state index is -1.61. The molecule has 2 unspecified atom stereocenters. The second-order valence-electron chi connectivity index (χ2n) is 6.71. The van der Waals surface area contributed by atoms with E-state index in [-0.39, 0.29) is 23.5 Å². The molecule has 2 atom stereocenters. The number of nitrogens with one attached hydrogen (secondary N) is 3. The number of fused-ring (bicyclic) bond motifs is 1. The highest BCUT2D eigenvalue weighted by molar-refractivity contribution is 7.83. The molecule has 0 bridgehead atoms. The topological polar surface area (TPSA) is 79.5 Å². The van der Waals surface area contributed by atoms with Crippen molar-refractivity contribution in [2.75, 3.05) is 17.2 Å². The smallest absolute Gasteiger partial charge is 0.255 e. The van der Waals surface area contributed by atoms with Crippen LogP contribution in [0.5, 0.6) is 0 Å². The lowest BCUT2D eigenvalue weighted by Crippen LogP contribution is -2.42. The van der Waals surface area contributed by atoms with Crippen molar-refractivity contribution >= 4 is 28.3 Å². The van der Waals surface area contributed by atoms with E-state index >= 15 is 0 Å². The molecular weight excluding hydrogens is 407 g/mol. The lowest BCUT2D eigenvalue weighted by Gasteiger charge is -2.28. The predicted octanol–water partition coefficient (Wildman–Crippen LogP) is 3.54. The summed E-state index contributed by atoms with van der Waals surface area (Å²) in [6.07, 6.45) is 0.431. The highest BCUT2D eigenvalue weighted by atomic mass is 32.2. The Balaban J connectivity index is 1.71. The van der Waals surface area contributed by atoms with Crippen LogP contribution in [0.4, 0.5) is 24.5 Å². The van der Waals surface area contributed by atoms with Crippen LogP contribution < -0.4 is 15.4 Å². The summed E-state index contributed by atoms with van der Waals surface area (Å²) in [6.45, 7) is 4.34. The van der Waals surface area contributed by atoms with E-state index in [2.05, 4.69) is 15.4 Å².